The highest BCUT2D eigenvalue weighted by atomic mass is 16.5. The average molecular weight is 327 g/mol. The molecule has 2 fully saturated rings. The number of amides is 1. The second-order valence-electron chi connectivity index (χ2n) is 6.68. The monoisotopic (exact) mass is 327 g/mol. The number of rotatable bonds is 3. The highest BCUT2D eigenvalue weighted by Gasteiger charge is 2.31. The van der Waals surface area contributed by atoms with E-state index in [4.69, 9.17) is 10.00 Å². The number of carbonyl (C=O) groups is 1. The van der Waals surface area contributed by atoms with E-state index in [9.17, 15) is 4.79 Å². The van der Waals surface area contributed by atoms with Crippen molar-refractivity contribution in [3.05, 3.63) is 35.4 Å². The van der Waals surface area contributed by atoms with E-state index in [1.807, 2.05) is 29.2 Å². The van der Waals surface area contributed by atoms with Crippen molar-refractivity contribution < 1.29 is 9.53 Å². The first-order valence-electron chi connectivity index (χ1n) is 8.79. The van der Waals surface area contributed by atoms with E-state index in [1.54, 1.807) is 0 Å². The van der Waals surface area contributed by atoms with Gasteiger partial charge in [-0.1, -0.05) is 12.1 Å². The zero-order chi connectivity index (χ0) is 16.9. The molecule has 0 saturated carbocycles. The van der Waals surface area contributed by atoms with Gasteiger partial charge in [0.15, 0.2) is 0 Å². The van der Waals surface area contributed by atoms with Crippen LogP contribution in [0, 0.1) is 17.2 Å². The quantitative estimate of drug-likeness (QED) is 0.854. The van der Waals surface area contributed by atoms with Crippen LogP contribution in [0.25, 0.3) is 0 Å². The van der Waals surface area contributed by atoms with Crippen LogP contribution in [0.5, 0.6) is 0 Å². The molecule has 5 heteroatoms. The largest absolute Gasteiger partial charge is 0.378 e. The Morgan fingerprint density at radius 1 is 1.25 bits per heavy atom. The van der Waals surface area contributed by atoms with Gasteiger partial charge in [0.25, 0.3) is 0 Å². The maximum absolute atomic E-state index is 12.7. The minimum absolute atomic E-state index is 0.0951. The lowest BCUT2D eigenvalue weighted by atomic mass is 9.93. The number of morpholine rings is 1. The summed E-state index contributed by atoms with van der Waals surface area (Å²) in [6.45, 7) is 6.78. The summed E-state index contributed by atoms with van der Waals surface area (Å²) in [6.07, 6.45) is 2.04. The normalized spacial score (nSPS) is 23.5. The number of hydrogen-bond donors (Lipinski definition) is 0. The van der Waals surface area contributed by atoms with E-state index in [0.717, 1.165) is 39.0 Å². The van der Waals surface area contributed by atoms with Crippen LogP contribution in [0.15, 0.2) is 24.3 Å². The van der Waals surface area contributed by atoms with Crippen molar-refractivity contribution in [1.82, 2.24) is 9.80 Å². The predicted octanol–water partition coefficient (Wildman–Crippen LogP) is 2.19. The van der Waals surface area contributed by atoms with Crippen LogP contribution < -0.4 is 0 Å². The Morgan fingerprint density at radius 3 is 2.62 bits per heavy atom. The van der Waals surface area contributed by atoms with Gasteiger partial charge in [-0.2, -0.15) is 5.26 Å². The fraction of sp³-hybridized carbons (Fsp3) is 0.579. The van der Waals surface area contributed by atoms with Crippen molar-refractivity contribution in [2.45, 2.75) is 25.8 Å². The molecule has 2 atom stereocenters. The predicted molar refractivity (Wildman–Crippen MR) is 91.3 cm³/mol. The van der Waals surface area contributed by atoms with E-state index in [2.05, 4.69) is 17.9 Å². The fourth-order valence-electron chi connectivity index (χ4n) is 3.65. The van der Waals surface area contributed by atoms with Crippen LogP contribution in [-0.2, 0) is 9.53 Å². The SMILES string of the molecule is C[C@@H](c1ccc(C#N)cc1)N1CCC[C@H](C(=O)N2CCOCC2)C1. The number of likely N-dealkylation sites (tertiary alicyclic amines) is 1. The van der Waals surface area contributed by atoms with Gasteiger partial charge in [0.05, 0.1) is 30.8 Å². The number of carbonyl (C=O) groups excluding carboxylic acids is 1. The van der Waals surface area contributed by atoms with Crippen LogP contribution in [0.4, 0.5) is 0 Å². The second kappa shape index (κ2) is 7.78. The molecule has 0 aliphatic carbocycles. The lowest BCUT2D eigenvalue weighted by molar-refractivity contribution is -0.141. The van der Waals surface area contributed by atoms with E-state index in [0.29, 0.717) is 18.8 Å². The van der Waals surface area contributed by atoms with Crippen LogP contribution in [0.2, 0.25) is 0 Å². The van der Waals surface area contributed by atoms with Gasteiger partial charge in [-0.15, -0.1) is 0 Å². The molecule has 5 nitrogen and oxygen atoms in total. The molecule has 0 N–H and O–H groups in total. The van der Waals surface area contributed by atoms with Crippen molar-refractivity contribution in [3.63, 3.8) is 0 Å². The van der Waals surface area contributed by atoms with Crippen LogP contribution in [0.3, 0.4) is 0 Å². The number of benzene rings is 1. The number of ether oxygens (including phenoxy) is 1. The average Bonchev–Trinajstić information content (AvgIpc) is 2.67. The van der Waals surface area contributed by atoms with Crippen LogP contribution in [-0.4, -0.2) is 55.1 Å². The first kappa shape index (κ1) is 16.9. The summed E-state index contributed by atoms with van der Waals surface area (Å²) in [6, 6.07) is 10.2. The maximum Gasteiger partial charge on any atom is 0.227 e. The molecule has 128 valence electrons. The first-order chi connectivity index (χ1) is 11.7. The molecule has 0 aromatic heterocycles. The van der Waals surface area contributed by atoms with E-state index >= 15 is 0 Å². The van der Waals surface area contributed by atoms with Crippen LogP contribution >= 0.6 is 0 Å². The summed E-state index contributed by atoms with van der Waals surface area (Å²) >= 11 is 0. The van der Waals surface area contributed by atoms with Crippen molar-refractivity contribution in [2.24, 2.45) is 5.92 Å². The van der Waals surface area contributed by atoms with E-state index < -0.39 is 0 Å². The van der Waals surface area contributed by atoms with Gasteiger partial charge in [0.1, 0.15) is 0 Å². The molecule has 24 heavy (non-hydrogen) atoms. The van der Waals surface area contributed by atoms with Gasteiger partial charge in [0, 0.05) is 25.7 Å². The third-order valence-electron chi connectivity index (χ3n) is 5.19. The molecule has 1 aromatic rings. The molecule has 2 saturated heterocycles. The first-order valence-corrected chi connectivity index (χ1v) is 8.79. The molecule has 3 rings (SSSR count). The number of hydrogen-bond acceptors (Lipinski definition) is 4. The number of nitriles is 1. The van der Waals surface area contributed by atoms with Gasteiger partial charge in [0.2, 0.25) is 5.91 Å². The minimum atomic E-state index is 0.0951. The van der Waals surface area contributed by atoms with Gasteiger partial charge < -0.3 is 9.64 Å². The molecule has 2 aliphatic heterocycles. The van der Waals surface area contributed by atoms with Gasteiger partial charge >= 0.3 is 0 Å². The molecule has 2 aliphatic rings. The van der Waals surface area contributed by atoms with Gasteiger partial charge in [-0.05, 0) is 44.0 Å². The summed E-state index contributed by atoms with van der Waals surface area (Å²) in [5, 5.41) is 8.92. The molecule has 0 spiro atoms. The maximum atomic E-state index is 12.7. The zero-order valence-corrected chi connectivity index (χ0v) is 14.3. The highest BCUT2D eigenvalue weighted by Crippen LogP contribution is 2.28. The highest BCUT2D eigenvalue weighted by molar-refractivity contribution is 5.79. The van der Waals surface area contributed by atoms with Crippen molar-refractivity contribution in [3.8, 4) is 6.07 Å². The molecule has 0 unspecified atom stereocenters. The summed E-state index contributed by atoms with van der Waals surface area (Å²) in [7, 11) is 0. The molecular formula is C19H25N3O2. The van der Waals surface area contributed by atoms with Crippen molar-refractivity contribution in [2.75, 3.05) is 39.4 Å². The molecular weight excluding hydrogens is 302 g/mol. The number of nitrogens with zero attached hydrogens (tertiary/aromatic N) is 3. The Morgan fingerprint density at radius 2 is 1.96 bits per heavy atom. The van der Waals surface area contributed by atoms with E-state index in [-0.39, 0.29) is 17.9 Å². The molecule has 1 aromatic carbocycles. The lowest BCUT2D eigenvalue weighted by Gasteiger charge is -2.39. The summed E-state index contributed by atoms with van der Waals surface area (Å²) < 4.78 is 5.35. The third-order valence-corrected chi connectivity index (χ3v) is 5.19. The summed E-state index contributed by atoms with van der Waals surface area (Å²) in [5.74, 6) is 0.382. The Bertz CT molecular complexity index is 602. The minimum Gasteiger partial charge on any atom is -0.378 e. The Kier molecular flexibility index (Phi) is 5.49. The molecule has 0 radical (unpaired) electrons. The Hall–Kier alpha value is -1.90. The summed E-state index contributed by atoms with van der Waals surface area (Å²) in [4.78, 5) is 17.1. The van der Waals surface area contributed by atoms with Crippen molar-refractivity contribution >= 4 is 5.91 Å². The molecule has 2 heterocycles. The van der Waals surface area contributed by atoms with E-state index in [1.165, 1.54) is 5.56 Å². The van der Waals surface area contributed by atoms with Gasteiger partial charge in [-0.3, -0.25) is 9.69 Å². The second-order valence-corrected chi connectivity index (χ2v) is 6.68. The molecule has 0 bridgehead atoms. The van der Waals surface area contributed by atoms with Crippen LogP contribution in [0.1, 0.15) is 36.9 Å². The standard InChI is InChI=1S/C19H25N3O2/c1-15(17-6-4-16(13-20)5-7-17)22-8-2-3-18(14-22)19(23)21-9-11-24-12-10-21/h4-7,15,18H,2-3,8-12,14H2,1H3/t15-,18-/m0/s1. The molecule has 1 amide bonds. The topological polar surface area (TPSA) is 56.6 Å². The zero-order valence-electron chi connectivity index (χ0n) is 14.3. The van der Waals surface area contributed by atoms with Crippen molar-refractivity contribution in [1.29, 1.82) is 5.26 Å². The Labute approximate surface area is 143 Å². The lowest BCUT2D eigenvalue weighted by Crippen LogP contribution is -2.48. The fourth-order valence-corrected chi connectivity index (χ4v) is 3.65. The van der Waals surface area contributed by atoms with Gasteiger partial charge in [-0.25, -0.2) is 0 Å². The third kappa shape index (κ3) is 3.77. The smallest absolute Gasteiger partial charge is 0.227 e. The number of piperidine rings is 1. The summed E-state index contributed by atoms with van der Waals surface area (Å²) in [5.41, 5.74) is 1.89. The Balaban J connectivity index is 1.63.